The van der Waals surface area contributed by atoms with Gasteiger partial charge in [0, 0.05) is 4.47 Å². The third-order valence-corrected chi connectivity index (χ3v) is 3.21. The molecule has 0 saturated heterocycles. The molecule has 19 heavy (non-hydrogen) atoms. The van der Waals surface area contributed by atoms with Crippen LogP contribution in [0.3, 0.4) is 0 Å². The van der Waals surface area contributed by atoms with Gasteiger partial charge in [0.05, 0.1) is 5.71 Å². The number of oxime groups is 1. The average molecular weight is 320 g/mol. The predicted octanol–water partition coefficient (Wildman–Crippen LogP) is 4.23. The molecule has 0 unspecified atom stereocenters. The zero-order valence-electron chi connectivity index (χ0n) is 10.5. The highest BCUT2D eigenvalue weighted by molar-refractivity contribution is 9.10. The lowest BCUT2D eigenvalue weighted by molar-refractivity contribution is 0.306. The predicted molar refractivity (Wildman–Crippen MR) is 78.9 cm³/mol. The second-order valence-electron chi connectivity index (χ2n) is 4.13. The molecule has 0 aliphatic carbocycles. The lowest BCUT2D eigenvalue weighted by atomic mass is 10.1. The maximum Gasteiger partial charge on any atom is 0.119 e. The third-order valence-electron chi connectivity index (χ3n) is 2.72. The van der Waals surface area contributed by atoms with E-state index in [0.29, 0.717) is 12.3 Å². The minimum atomic E-state index is 0.520. The molecule has 0 aliphatic heterocycles. The molecule has 0 fully saturated rings. The Balaban J connectivity index is 2.00. The largest absolute Gasteiger partial charge is 0.489 e. The zero-order valence-corrected chi connectivity index (χ0v) is 12.1. The molecule has 2 rings (SSSR count). The molecular formula is C15H14BrNO2. The lowest BCUT2D eigenvalue weighted by Crippen LogP contribution is -1.97. The van der Waals surface area contributed by atoms with Gasteiger partial charge in [-0.05, 0) is 54.4 Å². The topological polar surface area (TPSA) is 41.8 Å². The van der Waals surface area contributed by atoms with Crippen LogP contribution in [0.25, 0.3) is 0 Å². The normalized spacial score (nSPS) is 11.4. The van der Waals surface area contributed by atoms with E-state index in [-0.39, 0.29) is 0 Å². The van der Waals surface area contributed by atoms with Crippen molar-refractivity contribution in [3.05, 3.63) is 64.1 Å². The molecule has 0 atom stereocenters. The van der Waals surface area contributed by atoms with Crippen molar-refractivity contribution in [2.75, 3.05) is 0 Å². The summed E-state index contributed by atoms with van der Waals surface area (Å²) >= 11 is 3.43. The molecule has 0 saturated carbocycles. The maximum atomic E-state index is 8.69. The Bertz CT molecular complexity index is 579. The summed E-state index contributed by atoms with van der Waals surface area (Å²) in [4.78, 5) is 0. The lowest BCUT2D eigenvalue weighted by Gasteiger charge is -2.07. The van der Waals surface area contributed by atoms with E-state index in [0.717, 1.165) is 21.3 Å². The molecule has 0 bridgehead atoms. The SMILES string of the molecule is C/C(=N\O)c1ccc(OCc2cccc(Br)c2)cc1. The fourth-order valence-corrected chi connectivity index (χ4v) is 2.09. The van der Waals surface area contributed by atoms with Crippen LogP contribution in [0.1, 0.15) is 18.1 Å². The Kier molecular flexibility index (Phi) is 4.58. The van der Waals surface area contributed by atoms with E-state index >= 15 is 0 Å². The van der Waals surface area contributed by atoms with Crippen molar-refractivity contribution in [3.63, 3.8) is 0 Å². The number of hydrogen-bond acceptors (Lipinski definition) is 3. The van der Waals surface area contributed by atoms with Crippen molar-refractivity contribution < 1.29 is 9.94 Å². The van der Waals surface area contributed by atoms with Crippen LogP contribution in [-0.4, -0.2) is 10.9 Å². The van der Waals surface area contributed by atoms with E-state index in [9.17, 15) is 0 Å². The Morgan fingerprint density at radius 3 is 2.58 bits per heavy atom. The van der Waals surface area contributed by atoms with Crippen LogP contribution in [0.15, 0.2) is 58.2 Å². The summed E-state index contributed by atoms with van der Waals surface area (Å²) in [6.07, 6.45) is 0. The van der Waals surface area contributed by atoms with Crippen LogP contribution in [-0.2, 0) is 6.61 Å². The van der Waals surface area contributed by atoms with Crippen molar-refractivity contribution in [1.82, 2.24) is 0 Å². The summed E-state index contributed by atoms with van der Waals surface area (Å²) in [5.74, 6) is 0.787. The van der Waals surface area contributed by atoms with Gasteiger partial charge in [-0.15, -0.1) is 0 Å². The molecule has 0 aromatic heterocycles. The van der Waals surface area contributed by atoms with Gasteiger partial charge in [0.25, 0.3) is 0 Å². The van der Waals surface area contributed by atoms with Crippen LogP contribution in [0.5, 0.6) is 5.75 Å². The van der Waals surface area contributed by atoms with Crippen LogP contribution in [0.2, 0.25) is 0 Å². The molecule has 4 heteroatoms. The monoisotopic (exact) mass is 319 g/mol. The van der Waals surface area contributed by atoms with E-state index < -0.39 is 0 Å². The van der Waals surface area contributed by atoms with Crippen LogP contribution in [0, 0.1) is 0 Å². The number of ether oxygens (including phenoxy) is 1. The van der Waals surface area contributed by atoms with Gasteiger partial charge < -0.3 is 9.94 Å². The Morgan fingerprint density at radius 2 is 1.95 bits per heavy atom. The summed E-state index contributed by atoms with van der Waals surface area (Å²) < 4.78 is 6.73. The Hall–Kier alpha value is -1.81. The summed E-state index contributed by atoms with van der Waals surface area (Å²) in [6, 6.07) is 15.5. The highest BCUT2D eigenvalue weighted by Crippen LogP contribution is 2.16. The van der Waals surface area contributed by atoms with E-state index in [1.807, 2.05) is 48.5 Å². The average Bonchev–Trinajstić information content (AvgIpc) is 2.45. The molecule has 0 amide bonds. The molecule has 1 N–H and O–H groups in total. The van der Waals surface area contributed by atoms with Crippen molar-refractivity contribution in [2.24, 2.45) is 5.16 Å². The van der Waals surface area contributed by atoms with Crippen molar-refractivity contribution in [1.29, 1.82) is 0 Å². The van der Waals surface area contributed by atoms with Crippen molar-refractivity contribution in [2.45, 2.75) is 13.5 Å². The van der Waals surface area contributed by atoms with Gasteiger partial charge in [-0.25, -0.2) is 0 Å². The number of nitrogens with zero attached hydrogens (tertiary/aromatic N) is 1. The second kappa shape index (κ2) is 6.38. The van der Waals surface area contributed by atoms with Crippen molar-refractivity contribution in [3.8, 4) is 5.75 Å². The first-order valence-corrected chi connectivity index (χ1v) is 6.64. The molecular weight excluding hydrogens is 306 g/mol. The van der Waals surface area contributed by atoms with Gasteiger partial charge in [-0.1, -0.05) is 33.2 Å². The summed E-state index contributed by atoms with van der Waals surface area (Å²) in [5, 5.41) is 11.9. The van der Waals surface area contributed by atoms with Gasteiger partial charge in [0.1, 0.15) is 12.4 Å². The smallest absolute Gasteiger partial charge is 0.119 e. The van der Waals surface area contributed by atoms with E-state index in [4.69, 9.17) is 9.94 Å². The van der Waals surface area contributed by atoms with Gasteiger partial charge in [-0.2, -0.15) is 0 Å². The first kappa shape index (κ1) is 13.6. The molecule has 3 nitrogen and oxygen atoms in total. The number of benzene rings is 2. The molecule has 2 aromatic rings. The highest BCUT2D eigenvalue weighted by Gasteiger charge is 2.00. The first-order chi connectivity index (χ1) is 9.19. The minimum absolute atomic E-state index is 0.520. The quantitative estimate of drug-likeness (QED) is 0.520. The molecule has 0 radical (unpaired) electrons. The Labute approximate surface area is 120 Å². The maximum absolute atomic E-state index is 8.69. The summed E-state index contributed by atoms with van der Waals surface area (Å²) in [5.41, 5.74) is 2.56. The highest BCUT2D eigenvalue weighted by atomic mass is 79.9. The Morgan fingerprint density at radius 1 is 1.21 bits per heavy atom. The minimum Gasteiger partial charge on any atom is -0.489 e. The number of hydrogen-bond donors (Lipinski definition) is 1. The standard InChI is InChI=1S/C15H14BrNO2/c1-11(17-18)13-5-7-15(8-6-13)19-10-12-3-2-4-14(16)9-12/h2-9,18H,10H2,1H3/b17-11+. The molecule has 0 spiro atoms. The van der Waals surface area contributed by atoms with Crippen molar-refractivity contribution >= 4 is 21.6 Å². The number of halogens is 1. The first-order valence-electron chi connectivity index (χ1n) is 5.85. The van der Waals surface area contributed by atoms with Gasteiger partial charge in [0.15, 0.2) is 0 Å². The molecule has 0 heterocycles. The molecule has 0 aliphatic rings. The number of rotatable bonds is 4. The third kappa shape index (κ3) is 3.83. The molecule has 2 aromatic carbocycles. The summed E-state index contributed by atoms with van der Waals surface area (Å²) in [6.45, 7) is 2.27. The zero-order chi connectivity index (χ0) is 13.7. The van der Waals surface area contributed by atoms with E-state index in [1.54, 1.807) is 6.92 Å². The van der Waals surface area contributed by atoms with Gasteiger partial charge >= 0.3 is 0 Å². The summed E-state index contributed by atoms with van der Waals surface area (Å²) in [7, 11) is 0. The van der Waals surface area contributed by atoms with Crippen LogP contribution < -0.4 is 4.74 Å². The van der Waals surface area contributed by atoms with Gasteiger partial charge in [0.2, 0.25) is 0 Å². The van der Waals surface area contributed by atoms with Gasteiger partial charge in [-0.3, -0.25) is 0 Å². The van der Waals surface area contributed by atoms with Crippen LogP contribution >= 0.6 is 15.9 Å². The fraction of sp³-hybridized carbons (Fsp3) is 0.133. The fourth-order valence-electron chi connectivity index (χ4n) is 1.64. The van der Waals surface area contributed by atoms with Crippen LogP contribution in [0.4, 0.5) is 0 Å². The van der Waals surface area contributed by atoms with E-state index in [1.165, 1.54) is 0 Å². The molecule has 98 valence electrons. The second-order valence-corrected chi connectivity index (χ2v) is 5.04. The van der Waals surface area contributed by atoms with E-state index in [2.05, 4.69) is 21.1 Å².